The van der Waals surface area contributed by atoms with Gasteiger partial charge in [-0.05, 0) is 54.1 Å². The molecule has 1 amide bonds. The Morgan fingerprint density at radius 2 is 1.91 bits per heavy atom. The van der Waals surface area contributed by atoms with E-state index in [9.17, 15) is 9.18 Å². The monoisotopic (exact) mass is 464 g/mol. The lowest BCUT2D eigenvalue weighted by Crippen LogP contribution is -2.20. The number of thioether (sulfide) groups is 1. The van der Waals surface area contributed by atoms with E-state index in [2.05, 4.69) is 20.7 Å². The summed E-state index contributed by atoms with van der Waals surface area (Å²) in [7, 11) is 3.94. The van der Waals surface area contributed by atoms with Crippen LogP contribution < -0.4 is 10.3 Å². The van der Waals surface area contributed by atoms with E-state index < -0.39 is 0 Å². The number of nitrogens with zero attached hydrogens (tertiary/aromatic N) is 5. The fourth-order valence-electron chi connectivity index (χ4n) is 2.95. The molecule has 168 valence electrons. The van der Waals surface area contributed by atoms with Gasteiger partial charge in [0.25, 0.3) is 5.91 Å². The average Bonchev–Trinajstić information content (AvgIpc) is 3.48. The molecule has 10 heteroatoms. The van der Waals surface area contributed by atoms with E-state index in [0.717, 1.165) is 11.3 Å². The maximum absolute atomic E-state index is 13.4. The topological polar surface area (TPSA) is 88.6 Å². The van der Waals surface area contributed by atoms with Gasteiger partial charge in [-0.1, -0.05) is 23.9 Å². The molecule has 4 rings (SSSR count). The van der Waals surface area contributed by atoms with Crippen LogP contribution in [0.5, 0.6) is 0 Å². The summed E-state index contributed by atoms with van der Waals surface area (Å²) in [4.78, 5) is 14.3. The smallest absolute Gasteiger partial charge is 0.250 e. The van der Waals surface area contributed by atoms with Crippen LogP contribution in [-0.2, 0) is 4.79 Å². The van der Waals surface area contributed by atoms with Crippen molar-refractivity contribution in [3.8, 4) is 17.3 Å². The number of nitrogens with one attached hydrogen (secondary N) is 1. The van der Waals surface area contributed by atoms with Gasteiger partial charge in [0, 0.05) is 19.8 Å². The zero-order chi connectivity index (χ0) is 23.2. The number of carbonyl (C=O) groups is 1. The van der Waals surface area contributed by atoms with Crippen molar-refractivity contribution in [1.29, 1.82) is 0 Å². The van der Waals surface area contributed by atoms with Gasteiger partial charge in [-0.2, -0.15) is 5.10 Å². The van der Waals surface area contributed by atoms with Gasteiger partial charge < -0.3 is 9.32 Å². The van der Waals surface area contributed by atoms with Crippen molar-refractivity contribution < 1.29 is 13.6 Å². The standard InChI is InChI=1S/C23H21FN6O2S/c1-29(2)18-9-5-16(6-10-18)14-25-26-21(31)15-33-23-28-27-22(20-4-3-13-32-20)30(23)19-11-7-17(24)8-12-19/h3-14H,15H2,1-2H3,(H,26,31). The van der Waals surface area contributed by atoms with E-state index in [1.165, 1.54) is 30.2 Å². The van der Waals surface area contributed by atoms with Gasteiger partial charge in [-0.25, -0.2) is 9.82 Å². The van der Waals surface area contributed by atoms with Crippen LogP contribution in [0.3, 0.4) is 0 Å². The molecule has 0 aliphatic carbocycles. The molecule has 0 atom stereocenters. The van der Waals surface area contributed by atoms with Crippen molar-refractivity contribution in [2.45, 2.75) is 5.16 Å². The Bertz CT molecular complexity index is 1240. The third-order valence-electron chi connectivity index (χ3n) is 4.60. The van der Waals surface area contributed by atoms with E-state index in [1.54, 1.807) is 35.0 Å². The van der Waals surface area contributed by atoms with Crippen LogP contribution in [0.15, 0.2) is 81.6 Å². The van der Waals surface area contributed by atoms with E-state index in [0.29, 0.717) is 22.4 Å². The molecule has 0 fully saturated rings. The Morgan fingerprint density at radius 1 is 1.15 bits per heavy atom. The summed E-state index contributed by atoms with van der Waals surface area (Å²) in [5.74, 6) is 0.374. The Balaban J connectivity index is 1.43. The molecule has 0 aliphatic heterocycles. The highest BCUT2D eigenvalue weighted by Gasteiger charge is 2.19. The fraction of sp³-hybridized carbons (Fsp3) is 0.130. The number of rotatable bonds is 8. The summed E-state index contributed by atoms with van der Waals surface area (Å²) in [6.07, 6.45) is 3.11. The summed E-state index contributed by atoms with van der Waals surface area (Å²) in [6, 6.07) is 17.2. The van der Waals surface area contributed by atoms with Crippen LogP contribution in [0.2, 0.25) is 0 Å². The van der Waals surface area contributed by atoms with Gasteiger partial charge in [0.05, 0.1) is 23.9 Å². The molecule has 33 heavy (non-hydrogen) atoms. The van der Waals surface area contributed by atoms with Crippen molar-refractivity contribution >= 4 is 29.6 Å². The van der Waals surface area contributed by atoms with Gasteiger partial charge in [-0.3, -0.25) is 9.36 Å². The lowest BCUT2D eigenvalue weighted by molar-refractivity contribution is -0.118. The number of furan rings is 1. The second-order valence-corrected chi connectivity index (χ2v) is 8.11. The number of amides is 1. The maximum atomic E-state index is 13.4. The summed E-state index contributed by atoms with van der Waals surface area (Å²) >= 11 is 1.19. The summed E-state index contributed by atoms with van der Waals surface area (Å²) in [6.45, 7) is 0. The van der Waals surface area contributed by atoms with Crippen LogP contribution in [0.1, 0.15) is 5.56 Å². The zero-order valence-corrected chi connectivity index (χ0v) is 18.8. The Labute approximate surface area is 194 Å². The number of halogens is 1. The van der Waals surface area contributed by atoms with Gasteiger partial charge in [0.2, 0.25) is 5.82 Å². The molecule has 2 heterocycles. The minimum atomic E-state index is -0.353. The molecule has 0 aliphatic rings. The third kappa shape index (κ3) is 5.47. The molecule has 2 aromatic heterocycles. The molecular weight excluding hydrogens is 443 g/mol. The first-order valence-corrected chi connectivity index (χ1v) is 11.0. The van der Waals surface area contributed by atoms with Crippen LogP contribution in [0.25, 0.3) is 17.3 Å². The van der Waals surface area contributed by atoms with Crippen LogP contribution in [-0.4, -0.2) is 46.7 Å². The van der Waals surface area contributed by atoms with Crippen LogP contribution in [0, 0.1) is 5.82 Å². The normalized spacial score (nSPS) is 11.1. The highest BCUT2D eigenvalue weighted by Crippen LogP contribution is 2.28. The number of carbonyl (C=O) groups excluding carboxylic acids is 1. The fourth-order valence-corrected chi connectivity index (χ4v) is 3.70. The second kappa shape index (κ2) is 10.1. The van der Waals surface area contributed by atoms with Crippen LogP contribution in [0.4, 0.5) is 10.1 Å². The lowest BCUT2D eigenvalue weighted by atomic mass is 10.2. The first-order valence-electron chi connectivity index (χ1n) is 9.98. The largest absolute Gasteiger partial charge is 0.461 e. The number of hydrazone groups is 1. The summed E-state index contributed by atoms with van der Waals surface area (Å²) < 4.78 is 20.6. The van der Waals surface area contributed by atoms with Gasteiger partial charge in [0.1, 0.15) is 5.82 Å². The van der Waals surface area contributed by atoms with Crippen LogP contribution >= 0.6 is 11.8 Å². The van der Waals surface area contributed by atoms with E-state index >= 15 is 0 Å². The predicted molar refractivity (Wildman–Crippen MR) is 126 cm³/mol. The molecule has 0 unspecified atom stereocenters. The Kier molecular flexibility index (Phi) is 6.84. The summed E-state index contributed by atoms with van der Waals surface area (Å²) in [5.41, 5.74) is 5.11. The first-order chi connectivity index (χ1) is 16.0. The van der Waals surface area contributed by atoms with E-state index in [4.69, 9.17) is 4.42 Å². The van der Waals surface area contributed by atoms with Crippen molar-refractivity contribution in [3.63, 3.8) is 0 Å². The molecule has 0 saturated heterocycles. The Morgan fingerprint density at radius 3 is 2.58 bits per heavy atom. The molecule has 0 spiro atoms. The Hall–Kier alpha value is -3.92. The molecule has 2 aromatic carbocycles. The average molecular weight is 465 g/mol. The molecule has 4 aromatic rings. The van der Waals surface area contributed by atoms with Crippen molar-refractivity contribution in [3.05, 3.63) is 78.3 Å². The number of hydrogen-bond acceptors (Lipinski definition) is 7. The van der Waals surface area contributed by atoms with Crippen molar-refractivity contribution in [2.24, 2.45) is 5.10 Å². The van der Waals surface area contributed by atoms with Crippen molar-refractivity contribution in [1.82, 2.24) is 20.2 Å². The summed E-state index contributed by atoms with van der Waals surface area (Å²) in [5, 5.41) is 12.9. The molecule has 0 bridgehead atoms. The minimum Gasteiger partial charge on any atom is -0.461 e. The first kappa shape index (κ1) is 22.3. The van der Waals surface area contributed by atoms with Gasteiger partial charge in [0.15, 0.2) is 10.9 Å². The molecule has 8 nitrogen and oxygen atoms in total. The minimum absolute atomic E-state index is 0.0639. The van der Waals surface area contributed by atoms with Crippen molar-refractivity contribution in [2.75, 3.05) is 24.7 Å². The van der Waals surface area contributed by atoms with Gasteiger partial charge >= 0.3 is 0 Å². The second-order valence-electron chi connectivity index (χ2n) is 7.16. The molecular formula is C23H21FN6O2S. The lowest BCUT2D eigenvalue weighted by Gasteiger charge is -2.11. The highest BCUT2D eigenvalue weighted by molar-refractivity contribution is 7.99. The highest BCUT2D eigenvalue weighted by atomic mass is 32.2. The zero-order valence-electron chi connectivity index (χ0n) is 18.0. The number of aromatic nitrogens is 3. The van der Waals surface area contributed by atoms with Gasteiger partial charge in [-0.15, -0.1) is 10.2 Å². The number of anilines is 1. The number of hydrogen-bond donors (Lipinski definition) is 1. The van der Waals surface area contributed by atoms with E-state index in [1.807, 2.05) is 43.3 Å². The SMILES string of the molecule is CN(C)c1ccc(C=NNC(=O)CSc2nnc(-c3ccco3)n2-c2ccc(F)cc2)cc1. The molecule has 0 radical (unpaired) electrons. The number of benzene rings is 2. The predicted octanol–water partition coefficient (Wildman–Crippen LogP) is 3.97. The quantitative estimate of drug-likeness (QED) is 0.241. The molecule has 1 N–H and O–H groups in total. The molecule has 0 saturated carbocycles. The maximum Gasteiger partial charge on any atom is 0.250 e. The third-order valence-corrected chi connectivity index (χ3v) is 5.53. The van der Waals surface area contributed by atoms with E-state index in [-0.39, 0.29) is 17.5 Å².